The largest absolute Gasteiger partial charge is 0.493 e. The van der Waals surface area contributed by atoms with Crippen LogP contribution in [0.15, 0.2) is 41.3 Å². The van der Waals surface area contributed by atoms with Crippen LogP contribution in [0.1, 0.15) is 10.4 Å². The maximum atomic E-state index is 12.6. The number of esters is 1. The summed E-state index contributed by atoms with van der Waals surface area (Å²) in [5.41, 5.74) is 0.105. The van der Waals surface area contributed by atoms with E-state index in [1.54, 1.807) is 0 Å². The van der Waals surface area contributed by atoms with Crippen molar-refractivity contribution in [2.75, 3.05) is 40.2 Å². The van der Waals surface area contributed by atoms with E-state index in [0.29, 0.717) is 5.02 Å². The van der Waals surface area contributed by atoms with E-state index in [1.807, 2.05) is 0 Å². The zero-order valence-corrected chi connectivity index (χ0v) is 18.3. The molecule has 2 aromatic rings. The Kier molecular flexibility index (Phi) is 7.65. The van der Waals surface area contributed by atoms with Gasteiger partial charge >= 0.3 is 5.97 Å². The Bertz CT molecular complexity index is 1040. The highest BCUT2D eigenvalue weighted by Gasteiger charge is 2.24. The first-order valence-corrected chi connectivity index (χ1v) is 10.3. The molecule has 1 amide bonds. The number of hydrogen-bond acceptors (Lipinski definition) is 7. The fourth-order valence-corrected chi connectivity index (χ4v) is 3.78. The Morgan fingerprint density at radius 2 is 1.60 bits per heavy atom. The second-order valence-corrected chi connectivity index (χ2v) is 8.49. The highest BCUT2D eigenvalue weighted by molar-refractivity contribution is 7.89. The van der Waals surface area contributed by atoms with Gasteiger partial charge in [0.15, 0.2) is 11.5 Å². The number of methoxy groups -OCH3 is 3. The molecule has 162 valence electrons. The summed E-state index contributed by atoms with van der Waals surface area (Å²) in [5.74, 6) is -0.860. The number of hydrogen-bond donors (Lipinski definition) is 1. The Balaban J connectivity index is 2.26. The minimum atomic E-state index is -3.92. The maximum absolute atomic E-state index is 12.6. The van der Waals surface area contributed by atoms with Crippen molar-refractivity contribution in [1.29, 1.82) is 0 Å². The van der Waals surface area contributed by atoms with Gasteiger partial charge in [-0.05, 0) is 24.3 Å². The third-order valence-corrected chi connectivity index (χ3v) is 6.16. The average molecular weight is 457 g/mol. The molecule has 0 unspecified atom stereocenters. The molecular weight excluding hydrogens is 436 g/mol. The van der Waals surface area contributed by atoms with Crippen LogP contribution >= 0.6 is 11.6 Å². The van der Waals surface area contributed by atoms with Gasteiger partial charge < -0.3 is 19.5 Å². The van der Waals surface area contributed by atoms with Crippen LogP contribution in [0.5, 0.6) is 11.5 Å². The zero-order valence-electron chi connectivity index (χ0n) is 16.8. The molecule has 0 radical (unpaired) electrons. The summed E-state index contributed by atoms with van der Waals surface area (Å²) >= 11 is 5.79. The lowest BCUT2D eigenvalue weighted by Crippen LogP contribution is -2.35. The number of halogens is 1. The summed E-state index contributed by atoms with van der Waals surface area (Å²) < 4.78 is 41.2. The summed E-state index contributed by atoms with van der Waals surface area (Å²) in [7, 11) is 1.33. The number of sulfonamides is 1. The SMILES string of the molecule is COC(=O)c1cc(OC)c(OC)cc1NC(=O)CN(C)S(=O)(=O)c1ccc(Cl)cc1. The molecule has 0 aliphatic carbocycles. The molecule has 0 saturated carbocycles. The zero-order chi connectivity index (χ0) is 22.5. The van der Waals surface area contributed by atoms with Gasteiger partial charge in [0.2, 0.25) is 15.9 Å². The average Bonchev–Trinajstić information content (AvgIpc) is 2.72. The van der Waals surface area contributed by atoms with E-state index in [0.717, 1.165) is 4.31 Å². The number of anilines is 1. The summed E-state index contributed by atoms with van der Waals surface area (Å²) in [6, 6.07) is 8.31. The van der Waals surface area contributed by atoms with Crippen LogP contribution in [0.2, 0.25) is 5.02 Å². The van der Waals surface area contributed by atoms with Gasteiger partial charge in [-0.3, -0.25) is 4.79 Å². The van der Waals surface area contributed by atoms with Crippen LogP contribution in [-0.2, 0) is 19.6 Å². The second-order valence-electron chi connectivity index (χ2n) is 6.01. The number of rotatable bonds is 8. The topological polar surface area (TPSA) is 111 Å². The highest BCUT2D eigenvalue weighted by Crippen LogP contribution is 2.33. The van der Waals surface area contributed by atoms with Crippen molar-refractivity contribution < 1.29 is 32.2 Å². The van der Waals surface area contributed by atoms with Crippen molar-refractivity contribution in [3.8, 4) is 11.5 Å². The number of carbonyl (C=O) groups excluding carboxylic acids is 2. The Morgan fingerprint density at radius 3 is 2.13 bits per heavy atom. The van der Waals surface area contributed by atoms with Crippen LogP contribution in [0.4, 0.5) is 5.69 Å². The molecule has 0 aliphatic rings. The minimum absolute atomic E-state index is 0.0106. The first kappa shape index (κ1) is 23.5. The standard InChI is InChI=1S/C19H21ClN2O7S/c1-22(30(25,26)13-7-5-12(20)6-8-13)11-18(23)21-15-10-17(28-3)16(27-2)9-14(15)19(24)29-4/h5-10H,11H2,1-4H3,(H,21,23). The monoisotopic (exact) mass is 456 g/mol. The summed E-state index contributed by atoms with van der Waals surface area (Å²) in [4.78, 5) is 24.6. The Labute approximate surface area is 179 Å². The van der Waals surface area contributed by atoms with E-state index < -0.39 is 28.4 Å². The van der Waals surface area contributed by atoms with E-state index >= 15 is 0 Å². The quantitative estimate of drug-likeness (QED) is 0.607. The van der Waals surface area contributed by atoms with Gasteiger partial charge in [-0.25, -0.2) is 13.2 Å². The molecule has 9 nitrogen and oxygen atoms in total. The fourth-order valence-electron chi connectivity index (χ4n) is 2.52. The van der Waals surface area contributed by atoms with Crippen LogP contribution < -0.4 is 14.8 Å². The molecule has 0 atom stereocenters. The molecular formula is C19H21ClN2O7S. The molecule has 0 aliphatic heterocycles. The van der Waals surface area contributed by atoms with Crippen molar-refractivity contribution in [3.63, 3.8) is 0 Å². The predicted molar refractivity (Wildman–Crippen MR) is 111 cm³/mol. The molecule has 30 heavy (non-hydrogen) atoms. The molecule has 1 N–H and O–H groups in total. The van der Waals surface area contributed by atoms with Gasteiger partial charge in [-0.2, -0.15) is 4.31 Å². The van der Waals surface area contributed by atoms with Crippen LogP contribution in [-0.4, -0.2) is 59.5 Å². The molecule has 0 saturated heterocycles. The molecule has 0 spiro atoms. The molecule has 0 aromatic heterocycles. The normalized spacial score (nSPS) is 11.1. The van der Waals surface area contributed by atoms with E-state index in [9.17, 15) is 18.0 Å². The number of carbonyl (C=O) groups is 2. The Morgan fingerprint density at radius 1 is 1.03 bits per heavy atom. The number of likely N-dealkylation sites (N-methyl/N-ethyl adjacent to an activating group) is 1. The smallest absolute Gasteiger partial charge is 0.340 e. The molecule has 0 heterocycles. The van der Waals surface area contributed by atoms with Crippen molar-refractivity contribution in [2.45, 2.75) is 4.90 Å². The number of benzene rings is 2. The first-order valence-electron chi connectivity index (χ1n) is 8.50. The van der Waals surface area contributed by atoms with Gasteiger partial charge in [-0.15, -0.1) is 0 Å². The highest BCUT2D eigenvalue weighted by atomic mass is 35.5. The number of nitrogens with zero attached hydrogens (tertiary/aromatic N) is 1. The van der Waals surface area contributed by atoms with Crippen LogP contribution in [0.3, 0.4) is 0 Å². The van der Waals surface area contributed by atoms with Crippen molar-refractivity contribution in [1.82, 2.24) is 4.31 Å². The number of ether oxygens (including phenoxy) is 3. The Hall–Kier alpha value is -2.82. The minimum Gasteiger partial charge on any atom is -0.493 e. The third kappa shape index (κ3) is 5.21. The molecule has 0 bridgehead atoms. The van der Waals surface area contributed by atoms with E-state index in [4.69, 9.17) is 25.8 Å². The van der Waals surface area contributed by atoms with Crippen LogP contribution in [0.25, 0.3) is 0 Å². The molecule has 2 aromatic carbocycles. The molecule has 0 fully saturated rings. The van der Waals surface area contributed by atoms with Gasteiger partial charge in [-0.1, -0.05) is 11.6 Å². The summed E-state index contributed by atoms with van der Waals surface area (Å²) in [5, 5.41) is 2.90. The lowest BCUT2D eigenvalue weighted by molar-refractivity contribution is -0.116. The van der Waals surface area contributed by atoms with Crippen molar-refractivity contribution in [3.05, 3.63) is 47.0 Å². The first-order chi connectivity index (χ1) is 14.1. The lowest BCUT2D eigenvalue weighted by atomic mass is 10.1. The predicted octanol–water partition coefficient (Wildman–Crippen LogP) is 2.40. The molecule has 11 heteroatoms. The van der Waals surface area contributed by atoms with Gasteiger partial charge in [0.05, 0.1) is 44.0 Å². The lowest BCUT2D eigenvalue weighted by Gasteiger charge is -2.18. The van der Waals surface area contributed by atoms with Crippen LogP contribution in [0, 0.1) is 0 Å². The maximum Gasteiger partial charge on any atom is 0.340 e. The number of nitrogens with one attached hydrogen (secondary N) is 1. The van der Waals surface area contributed by atoms with Crippen molar-refractivity contribution in [2.24, 2.45) is 0 Å². The van der Waals surface area contributed by atoms with Crippen molar-refractivity contribution >= 4 is 39.2 Å². The summed E-state index contributed by atoms with van der Waals surface area (Å²) in [6.45, 7) is -0.500. The van der Waals surface area contributed by atoms with Gasteiger partial charge in [0.1, 0.15) is 0 Å². The van der Waals surface area contributed by atoms with E-state index in [-0.39, 0.29) is 27.6 Å². The fraction of sp³-hybridized carbons (Fsp3) is 0.263. The molecule has 2 rings (SSSR count). The third-order valence-electron chi connectivity index (χ3n) is 4.09. The van der Waals surface area contributed by atoms with Gasteiger partial charge in [0, 0.05) is 24.2 Å². The van der Waals surface area contributed by atoms with E-state index in [2.05, 4.69) is 5.32 Å². The van der Waals surface area contributed by atoms with Gasteiger partial charge in [0.25, 0.3) is 0 Å². The van der Waals surface area contributed by atoms with E-state index in [1.165, 1.54) is 64.8 Å². The number of amides is 1. The second kappa shape index (κ2) is 9.79. The summed E-state index contributed by atoms with van der Waals surface area (Å²) in [6.07, 6.45) is 0.